The lowest BCUT2D eigenvalue weighted by atomic mass is 10.2. The quantitative estimate of drug-likeness (QED) is 0.801. The molecule has 0 aliphatic heterocycles. The van der Waals surface area contributed by atoms with Gasteiger partial charge in [0.05, 0.1) is 25.8 Å². The largest absolute Gasteiger partial charge is 0.293 e. The zero-order valence-electron chi connectivity index (χ0n) is 8.91. The SMILES string of the molecule is Cc1nc(CC(=O)c2cc(C)c(Br)s2)cs1. The molecule has 0 radical (unpaired) electrons. The first-order valence-corrected chi connectivity index (χ1v) is 7.25. The molecule has 0 N–H and O–H groups in total. The van der Waals surface area contributed by atoms with Crippen molar-refractivity contribution in [3.8, 4) is 0 Å². The van der Waals surface area contributed by atoms with Gasteiger partial charge in [-0.05, 0) is 41.4 Å². The molecule has 0 aliphatic carbocycles. The van der Waals surface area contributed by atoms with E-state index in [4.69, 9.17) is 0 Å². The summed E-state index contributed by atoms with van der Waals surface area (Å²) < 4.78 is 1.03. The molecule has 0 aromatic carbocycles. The maximum Gasteiger partial charge on any atom is 0.178 e. The molecule has 0 saturated heterocycles. The van der Waals surface area contributed by atoms with Crippen LogP contribution in [0.25, 0.3) is 0 Å². The number of ketones is 1. The molecule has 0 atom stereocenters. The summed E-state index contributed by atoms with van der Waals surface area (Å²) in [6.07, 6.45) is 0.400. The van der Waals surface area contributed by atoms with Gasteiger partial charge in [0, 0.05) is 5.38 Å². The molecule has 0 unspecified atom stereocenters. The van der Waals surface area contributed by atoms with E-state index in [1.54, 1.807) is 11.3 Å². The van der Waals surface area contributed by atoms with Crippen LogP contribution in [0.4, 0.5) is 0 Å². The van der Waals surface area contributed by atoms with E-state index < -0.39 is 0 Å². The van der Waals surface area contributed by atoms with Gasteiger partial charge in [-0.1, -0.05) is 0 Å². The molecule has 5 heteroatoms. The molecule has 0 bridgehead atoms. The molecule has 84 valence electrons. The van der Waals surface area contributed by atoms with Crippen molar-refractivity contribution in [3.05, 3.63) is 36.4 Å². The van der Waals surface area contributed by atoms with Gasteiger partial charge in [0.15, 0.2) is 5.78 Å². The summed E-state index contributed by atoms with van der Waals surface area (Å²) in [4.78, 5) is 17.0. The fourth-order valence-corrected chi connectivity index (χ4v) is 3.42. The number of aromatic nitrogens is 1. The molecule has 0 fully saturated rings. The Labute approximate surface area is 110 Å². The van der Waals surface area contributed by atoms with E-state index in [1.165, 1.54) is 11.3 Å². The average Bonchev–Trinajstić information content (AvgIpc) is 2.75. The van der Waals surface area contributed by atoms with Gasteiger partial charge in [-0.3, -0.25) is 4.79 Å². The van der Waals surface area contributed by atoms with Crippen LogP contribution in [0, 0.1) is 13.8 Å². The Hall–Kier alpha value is -0.520. The minimum atomic E-state index is 0.143. The van der Waals surface area contributed by atoms with Crippen LogP contribution < -0.4 is 0 Å². The number of carbonyl (C=O) groups excluding carboxylic acids is 1. The van der Waals surface area contributed by atoms with E-state index in [1.807, 2.05) is 25.3 Å². The molecule has 2 aromatic rings. The van der Waals surface area contributed by atoms with Crippen LogP contribution in [0.1, 0.15) is 25.9 Å². The van der Waals surface area contributed by atoms with Crippen LogP contribution >= 0.6 is 38.6 Å². The van der Waals surface area contributed by atoms with Crippen molar-refractivity contribution in [2.24, 2.45) is 0 Å². The highest BCUT2D eigenvalue weighted by Gasteiger charge is 2.13. The van der Waals surface area contributed by atoms with Crippen LogP contribution in [0.3, 0.4) is 0 Å². The average molecular weight is 316 g/mol. The lowest BCUT2D eigenvalue weighted by molar-refractivity contribution is 0.0996. The molecule has 2 nitrogen and oxygen atoms in total. The summed E-state index contributed by atoms with van der Waals surface area (Å²) >= 11 is 6.50. The van der Waals surface area contributed by atoms with Gasteiger partial charge in [0.1, 0.15) is 0 Å². The van der Waals surface area contributed by atoms with Crippen molar-refractivity contribution >= 4 is 44.4 Å². The minimum absolute atomic E-state index is 0.143. The number of thiophene rings is 1. The molecule has 16 heavy (non-hydrogen) atoms. The van der Waals surface area contributed by atoms with Crippen molar-refractivity contribution in [3.63, 3.8) is 0 Å². The molecule has 2 aromatic heterocycles. The molecule has 0 aliphatic rings. The first-order chi connectivity index (χ1) is 7.56. The van der Waals surface area contributed by atoms with E-state index in [-0.39, 0.29) is 5.78 Å². The molecular formula is C11H10BrNOS2. The highest BCUT2D eigenvalue weighted by Crippen LogP contribution is 2.28. The Morgan fingerprint density at radius 1 is 1.50 bits per heavy atom. The third-order valence-corrected chi connectivity index (χ3v) is 5.14. The Kier molecular flexibility index (Phi) is 3.56. The van der Waals surface area contributed by atoms with Crippen molar-refractivity contribution in [2.45, 2.75) is 20.3 Å². The monoisotopic (exact) mass is 315 g/mol. The Morgan fingerprint density at radius 2 is 2.25 bits per heavy atom. The standard InChI is InChI=1S/C11H10BrNOS2/c1-6-3-10(16-11(6)12)9(14)4-8-5-15-7(2)13-8/h3,5H,4H2,1-2H3. The second-order valence-corrected chi connectivity index (χ2v) is 6.96. The summed E-state index contributed by atoms with van der Waals surface area (Å²) in [5, 5.41) is 2.95. The van der Waals surface area contributed by atoms with Gasteiger partial charge < -0.3 is 0 Å². The second kappa shape index (κ2) is 4.77. The predicted molar refractivity (Wildman–Crippen MR) is 71.6 cm³/mol. The summed E-state index contributed by atoms with van der Waals surface area (Å²) in [7, 11) is 0. The smallest absolute Gasteiger partial charge is 0.178 e. The number of aryl methyl sites for hydroxylation is 2. The number of thiazole rings is 1. The third-order valence-electron chi connectivity index (χ3n) is 2.14. The maximum absolute atomic E-state index is 11.9. The van der Waals surface area contributed by atoms with Crippen LogP contribution in [0.5, 0.6) is 0 Å². The van der Waals surface area contributed by atoms with E-state index in [9.17, 15) is 4.79 Å². The van der Waals surface area contributed by atoms with Crippen LogP contribution in [0.15, 0.2) is 15.2 Å². The van der Waals surface area contributed by atoms with Gasteiger partial charge >= 0.3 is 0 Å². The van der Waals surface area contributed by atoms with E-state index in [2.05, 4.69) is 20.9 Å². The fraction of sp³-hybridized carbons (Fsp3) is 0.273. The van der Waals surface area contributed by atoms with E-state index >= 15 is 0 Å². The first-order valence-electron chi connectivity index (χ1n) is 4.76. The Morgan fingerprint density at radius 3 is 2.75 bits per heavy atom. The Balaban J connectivity index is 2.14. The molecule has 0 saturated carbocycles. The van der Waals surface area contributed by atoms with Crippen molar-refractivity contribution in [1.29, 1.82) is 0 Å². The Bertz CT molecular complexity index is 510. The van der Waals surface area contributed by atoms with E-state index in [0.717, 1.165) is 24.9 Å². The highest BCUT2D eigenvalue weighted by molar-refractivity contribution is 9.11. The topological polar surface area (TPSA) is 30.0 Å². The minimum Gasteiger partial charge on any atom is -0.293 e. The van der Waals surface area contributed by atoms with Crippen LogP contribution in [0.2, 0.25) is 0 Å². The molecular weight excluding hydrogens is 306 g/mol. The third kappa shape index (κ3) is 2.59. The number of hydrogen-bond acceptors (Lipinski definition) is 4. The van der Waals surface area contributed by atoms with Gasteiger partial charge in [-0.2, -0.15) is 0 Å². The van der Waals surface area contributed by atoms with Crippen LogP contribution in [-0.4, -0.2) is 10.8 Å². The summed E-state index contributed by atoms with van der Waals surface area (Å²) in [5.41, 5.74) is 1.98. The van der Waals surface area contributed by atoms with Gasteiger partial charge in [0.25, 0.3) is 0 Å². The molecule has 0 spiro atoms. The number of rotatable bonds is 3. The summed E-state index contributed by atoms with van der Waals surface area (Å²) in [6.45, 7) is 3.94. The number of Topliss-reactive ketones (excluding diaryl/α,β-unsaturated/α-hetero) is 1. The second-order valence-electron chi connectivity index (χ2n) is 3.53. The van der Waals surface area contributed by atoms with E-state index in [0.29, 0.717) is 6.42 Å². The zero-order valence-corrected chi connectivity index (χ0v) is 12.1. The normalized spacial score (nSPS) is 10.7. The lowest BCUT2D eigenvalue weighted by Crippen LogP contribution is -2.01. The zero-order chi connectivity index (χ0) is 11.7. The number of carbonyl (C=O) groups is 1. The number of hydrogen-bond donors (Lipinski definition) is 0. The molecule has 2 heterocycles. The van der Waals surface area contributed by atoms with Crippen molar-refractivity contribution < 1.29 is 4.79 Å². The first kappa shape index (κ1) is 12.0. The van der Waals surface area contributed by atoms with Gasteiger partial charge in [0.2, 0.25) is 0 Å². The van der Waals surface area contributed by atoms with Crippen molar-refractivity contribution in [2.75, 3.05) is 0 Å². The maximum atomic E-state index is 11.9. The summed E-state index contributed by atoms with van der Waals surface area (Å²) in [6, 6.07) is 1.93. The number of halogens is 1. The molecule has 0 amide bonds. The van der Waals surface area contributed by atoms with Gasteiger partial charge in [-0.25, -0.2) is 4.98 Å². The summed E-state index contributed by atoms with van der Waals surface area (Å²) in [5.74, 6) is 0.143. The number of nitrogens with zero attached hydrogens (tertiary/aromatic N) is 1. The molecule has 2 rings (SSSR count). The fourth-order valence-electron chi connectivity index (χ4n) is 1.34. The van der Waals surface area contributed by atoms with Crippen LogP contribution in [-0.2, 0) is 6.42 Å². The van der Waals surface area contributed by atoms with Crippen molar-refractivity contribution in [1.82, 2.24) is 4.98 Å². The lowest BCUT2D eigenvalue weighted by Gasteiger charge is -1.93. The van der Waals surface area contributed by atoms with Gasteiger partial charge in [-0.15, -0.1) is 22.7 Å². The predicted octanol–water partition coefficient (Wildman–Crippen LogP) is 4.01. The highest BCUT2D eigenvalue weighted by atomic mass is 79.9.